The minimum atomic E-state index is -4.60. The van der Waals surface area contributed by atoms with Crippen LogP contribution in [0, 0.1) is 11.3 Å². The topological polar surface area (TPSA) is 69.0 Å². The van der Waals surface area contributed by atoms with E-state index in [2.05, 4.69) is 9.98 Å². The number of rotatable bonds is 4. The molecule has 3 rings (SSSR count). The van der Waals surface area contributed by atoms with Gasteiger partial charge in [0.25, 0.3) is 0 Å². The second-order valence-corrected chi connectivity index (χ2v) is 6.07. The Balaban J connectivity index is 1.89. The van der Waals surface area contributed by atoms with Gasteiger partial charge in [0.15, 0.2) is 5.71 Å². The summed E-state index contributed by atoms with van der Waals surface area (Å²) in [6, 6.07) is 12.1. The van der Waals surface area contributed by atoms with Crippen LogP contribution >= 0.6 is 11.6 Å². The Morgan fingerprint density at radius 3 is 2.67 bits per heavy atom. The largest absolute Gasteiger partial charge is 0.417 e. The van der Waals surface area contributed by atoms with Crippen LogP contribution in [0.1, 0.15) is 21.5 Å². The van der Waals surface area contributed by atoms with Gasteiger partial charge in [-0.2, -0.15) is 18.4 Å². The highest BCUT2D eigenvalue weighted by Gasteiger charge is 2.33. The number of nitrogens with zero attached hydrogens (tertiary/aromatic N) is 2. The van der Waals surface area contributed by atoms with E-state index in [0.717, 1.165) is 17.6 Å². The third-order valence-corrected chi connectivity index (χ3v) is 4.24. The maximum absolute atomic E-state index is 12.9. The molecule has 0 atom stereocenters. The lowest BCUT2D eigenvalue weighted by molar-refractivity contribution is -0.137. The van der Waals surface area contributed by atoms with Gasteiger partial charge in [-0.3, -0.25) is 9.79 Å². The zero-order valence-electron chi connectivity index (χ0n) is 13.6. The van der Waals surface area contributed by atoms with Crippen molar-refractivity contribution in [1.82, 2.24) is 4.98 Å². The zero-order chi connectivity index (χ0) is 19.6. The van der Waals surface area contributed by atoms with Gasteiger partial charge in [-0.05, 0) is 23.8 Å². The number of halogens is 4. The summed E-state index contributed by atoms with van der Waals surface area (Å²) in [6.45, 7) is -0.253. The molecular weight excluding hydrogens is 379 g/mol. The lowest BCUT2D eigenvalue weighted by atomic mass is 10.1. The Hall–Kier alpha value is -3.11. The van der Waals surface area contributed by atoms with Crippen LogP contribution in [-0.4, -0.2) is 16.5 Å². The quantitative estimate of drug-likeness (QED) is 0.493. The van der Waals surface area contributed by atoms with Gasteiger partial charge < -0.3 is 4.98 Å². The van der Waals surface area contributed by atoms with E-state index in [1.807, 2.05) is 0 Å². The number of Topliss-reactive ketones (excluding diaryl/α,β-unsaturated/α-hetero) is 1. The number of aromatic nitrogens is 1. The van der Waals surface area contributed by atoms with E-state index in [9.17, 15) is 23.2 Å². The number of benzene rings is 2. The molecule has 1 heterocycles. The molecule has 27 heavy (non-hydrogen) atoms. The van der Waals surface area contributed by atoms with E-state index in [1.54, 1.807) is 30.3 Å². The minimum Gasteiger partial charge on any atom is -0.360 e. The van der Waals surface area contributed by atoms with Crippen molar-refractivity contribution in [3.05, 3.63) is 70.4 Å². The highest BCUT2D eigenvalue weighted by molar-refractivity contribution is 6.52. The molecule has 0 amide bonds. The van der Waals surface area contributed by atoms with Crippen LogP contribution in [0.5, 0.6) is 0 Å². The molecule has 0 saturated heterocycles. The predicted molar refractivity (Wildman–Crippen MR) is 95.8 cm³/mol. The number of carbonyl (C=O) groups is 1. The number of aromatic amines is 1. The van der Waals surface area contributed by atoms with Gasteiger partial charge in [0.05, 0.1) is 22.7 Å². The third-order valence-electron chi connectivity index (χ3n) is 3.91. The molecule has 0 fully saturated rings. The second kappa shape index (κ2) is 7.25. The molecule has 0 saturated carbocycles. The molecule has 0 aliphatic rings. The molecule has 0 radical (unpaired) electrons. The normalized spacial score (nSPS) is 12.2. The van der Waals surface area contributed by atoms with Crippen LogP contribution in [0.4, 0.5) is 13.2 Å². The average molecular weight is 390 g/mol. The Morgan fingerprint density at radius 2 is 1.96 bits per heavy atom. The van der Waals surface area contributed by atoms with Crippen molar-refractivity contribution in [2.75, 3.05) is 0 Å². The highest BCUT2D eigenvalue weighted by Crippen LogP contribution is 2.35. The predicted octanol–water partition coefficient (Wildman–Crippen LogP) is 5.19. The van der Waals surface area contributed by atoms with Crippen LogP contribution in [0.25, 0.3) is 10.9 Å². The Kier molecular flexibility index (Phi) is 5.02. The van der Waals surface area contributed by atoms with Crippen molar-refractivity contribution in [3.63, 3.8) is 0 Å². The lowest BCUT2D eigenvalue weighted by Crippen LogP contribution is -2.12. The monoisotopic (exact) mass is 389 g/mol. The Labute approximate surface area is 156 Å². The molecule has 1 aromatic heterocycles. The molecule has 136 valence electrons. The fourth-order valence-electron chi connectivity index (χ4n) is 2.60. The number of aliphatic imine (C=N–C) groups is 1. The summed E-state index contributed by atoms with van der Waals surface area (Å²) in [5.74, 6) is -0.597. The van der Waals surface area contributed by atoms with E-state index in [4.69, 9.17) is 11.6 Å². The number of nitrogens with one attached hydrogen (secondary N) is 1. The molecule has 2 aromatic carbocycles. The first-order chi connectivity index (χ1) is 12.8. The standard InChI is InChI=1S/C19H11ClF3N3O/c20-15-6-5-11(7-14(15)19(21,22)23)9-25-17(8-24)18(27)13-10-26-16-4-2-1-3-12(13)16/h1-7,10,26H,9H2. The number of hydrogen-bond acceptors (Lipinski definition) is 3. The summed E-state index contributed by atoms with van der Waals surface area (Å²) in [4.78, 5) is 19.4. The summed E-state index contributed by atoms with van der Waals surface area (Å²) in [5.41, 5.74) is -0.184. The van der Waals surface area contributed by atoms with E-state index >= 15 is 0 Å². The fraction of sp³-hybridized carbons (Fsp3) is 0.105. The number of alkyl halides is 3. The van der Waals surface area contributed by atoms with Crippen molar-refractivity contribution >= 4 is 34.0 Å². The van der Waals surface area contributed by atoms with Crippen LogP contribution in [0.3, 0.4) is 0 Å². The minimum absolute atomic E-state index is 0.186. The maximum atomic E-state index is 12.9. The van der Waals surface area contributed by atoms with E-state index < -0.39 is 22.5 Å². The first kappa shape index (κ1) is 18.7. The first-order valence-corrected chi connectivity index (χ1v) is 8.10. The lowest BCUT2D eigenvalue weighted by Gasteiger charge is -2.10. The molecule has 0 bridgehead atoms. The maximum Gasteiger partial charge on any atom is 0.417 e. The van der Waals surface area contributed by atoms with Crippen molar-refractivity contribution in [1.29, 1.82) is 5.26 Å². The summed E-state index contributed by atoms with van der Waals surface area (Å²) >= 11 is 5.58. The number of H-pyrrole nitrogens is 1. The molecule has 0 aliphatic carbocycles. The Morgan fingerprint density at radius 1 is 1.22 bits per heavy atom. The van der Waals surface area contributed by atoms with Gasteiger partial charge in [-0.15, -0.1) is 0 Å². The molecule has 4 nitrogen and oxygen atoms in total. The van der Waals surface area contributed by atoms with E-state index in [1.165, 1.54) is 12.3 Å². The Bertz CT molecular complexity index is 1090. The number of hydrogen-bond donors (Lipinski definition) is 1. The van der Waals surface area contributed by atoms with Gasteiger partial charge >= 0.3 is 6.18 Å². The number of ketones is 1. The highest BCUT2D eigenvalue weighted by atomic mass is 35.5. The average Bonchev–Trinajstić information content (AvgIpc) is 3.06. The van der Waals surface area contributed by atoms with Gasteiger partial charge in [0.2, 0.25) is 5.78 Å². The number of para-hydroxylation sites is 1. The summed E-state index contributed by atoms with van der Waals surface area (Å²) in [5, 5.41) is 9.47. The molecular formula is C19H11ClF3N3O. The van der Waals surface area contributed by atoms with Crippen molar-refractivity contribution < 1.29 is 18.0 Å². The number of nitriles is 1. The first-order valence-electron chi connectivity index (χ1n) is 7.72. The second-order valence-electron chi connectivity index (χ2n) is 5.67. The fourth-order valence-corrected chi connectivity index (χ4v) is 2.83. The van der Waals surface area contributed by atoms with Gasteiger partial charge in [-0.25, -0.2) is 0 Å². The molecule has 3 aromatic rings. The molecule has 8 heteroatoms. The summed E-state index contributed by atoms with van der Waals surface area (Å²) in [6.07, 6.45) is -3.13. The van der Waals surface area contributed by atoms with E-state index in [0.29, 0.717) is 5.39 Å². The van der Waals surface area contributed by atoms with Crippen LogP contribution < -0.4 is 0 Å². The SMILES string of the molecule is N#CC(=NCc1ccc(Cl)c(C(F)(F)F)c1)C(=O)c1c[nH]c2ccccc12. The van der Waals surface area contributed by atoms with Crippen molar-refractivity contribution in [3.8, 4) is 6.07 Å². The molecule has 0 unspecified atom stereocenters. The van der Waals surface area contributed by atoms with Gasteiger partial charge in [0.1, 0.15) is 6.07 Å². The van der Waals surface area contributed by atoms with Gasteiger partial charge in [0, 0.05) is 17.1 Å². The van der Waals surface area contributed by atoms with Crippen LogP contribution in [0.15, 0.2) is 53.7 Å². The zero-order valence-corrected chi connectivity index (χ0v) is 14.4. The molecule has 0 spiro atoms. The number of carbonyl (C=O) groups excluding carboxylic acids is 1. The van der Waals surface area contributed by atoms with Crippen molar-refractivity contribution in [2.24, 2.45) is 4.99 Å². The van der Waals surface area contributed by atoms with Crippen LogP contribution in [0.2, 0.25) is 5.02 Å². The summed E-state index contributed by atoms with van der Waals surface area (Å²) < 4.78 is 38.8. The molecule has 1 N–H and O–H groups in total. The third kappa shape index (κ3) is 3.86. The smallest absolute Gasteiger partial charge is 0.360 e. The van der Waals surface area contributed by atoms with E-state index in [-0.39, 0.29) is 23.4 Å². The van der Waals surface area contributed by atoms with Crippen molar-refractivity contribution in [2.45, 2.75) is 12.7 Å². The van der Waals surface area contributed by atoms with Crippen LogP contribution in [-0.2, 0) is 12.7 Å². The molecule has 0 aliphatic heterocycles. The van der Waals surface area contributed by atoms with Gasteiger partial charge in [-0.1, -0.05) is 35.9 Å². The summed E-state index contributed by atoms with van der Waals surface area (Å²) in [7, 11) is 0. The number of fused-ring (bicyclic) bond motifs is 1.